The SMILES string of the molecule is CC.CCC(C)PC. The van der Waals surface area contributed by atoms with Crippen LogP contribution < -0.4 is 0 Å². The molecule has 0 nitrogen and oxygen atoms in total. The van der Waals surface area contributed by atoms with Crippen LogP contribution in [0.3, 0.4) is 0 Å². The maximum Gasteiger partial charge on any atom is -0.0270 e. The second kappa shape index (κ2) is 10.4. The van der Waals surface area contributed by atoms with Crippen molar-refractivity contribution >= 4 is 8.58 Å². The molecule has 0 radical (unpaired) electrons. The summed E-state index contributed by atoms with van der Waals surface area (Å²) in [5, 5.41) is 0. The van der Waals surface area contributed by atoms with Gasteiger partial charge in [0.2, 0.25) is 0 Å². The average Bonchev–Trinajstić information content (AvgIpc) is 1.91. The molecule has 0 aromatic carbocycles. The highest BCUT2D eigenvalue weighted by molar-refractivity contribution is 7.37. The first-order chi connectivity index (χ1) is 3.81. The van der Waals surface area contributed by atoms with Crippen molar-refractivity contribution in [2.24, 2.45) is 0 Å². The van der Waals surface area contributed by atoms with E-state index in [4.69, 9.17) is 0 Å². The van der Waals surface area contributed by atoms with E-state index in [-0.39, 0.29) is 0 Å². The van der Waals surface area contributed by atoms with Crippen LogP contribution in [0.2, 0.25) is 0 Å². The maximum absolute atomic E-state index is 2.29. The van der Waals surface area contributed by atoms with Gasteiger partial charge in [-0.1, -0.05) is 27.7 Å². The van der Waals surface area contributed by atoms with Crippen LogP contribution in [-0.2, 0) is 0 Å². The zero-order chi connectivity index (χ0) is 6.99. The summed E-state index contributed by atoms with van der Waals surface area (Å²) in [6.07, 6.45) is 1.34. The second-order valence-corrected chi connectivity index (χ2v) is 3.16. The van der Waals surface area contributed by atoms with Crippen LogP contribution in [0.5, 0.6) is 0 Å². The summed E-state index contributed by atoms with van der Waals surface area (Å²) < 4.78 is 0. The van der Waals surface area contributed by atoms with Gasteiger partial charge in [-0.05, 0) is 18.7 Å². The minimum absolute atomic E-state index is 0.963. The lowest BCUT2D eigenvalue weighted by molar-refractivity contribution is 0.902. The van der Waals surface area contributed by atoms with Crippen LogP contribution in [0.4, 0.5) is 0 Å². The van der Waals surface area contributed by atoms with E-state index in [1.807, 2.05) is 13.8 Å². The molecule has 0 aliphatic rings. The molecule has 2 atom stereocenters. The molecule has 8 heavy (non-hydrogen) atoms. The lowest BCUT2D eigenvalue weighted by Crippen LogP contribution is -1.85. The zero-order valence-electron chi connectivity index (χ0n) is 6.78. The van der Waals surface area contributed by atoms with Gasteiger partial charge in [0, 0.05) is 0 Å². The van der Waals surface area contributed by atoms with Crippen molar-refractivity contribution in [2.45, 2.75) is 39.8 Å². The van der Waals surface area contributed by atoms with Crippen LogP contribution in [0.15, 0.2) is 0 Å². The van der Waals surface area contributed by atoms with Crippen molar-refractivity contribution in [2.75, 3.05) is 6.66 Å². The molecule has 52 valence electrons. The number of hydrogen-bond acceptors (Lipinski definition) is 0. The molecule has 0 aliphatic heterocycles. The molecule has 0 saturated carbocycles. The normalized spacial score (nSPS) is 13.1. The first kappa shape index (κ1) is 11.3. The Hall–Kier alpha value is 0.430. The van der Waals surface area contributed by atoms with Gasteiger partial charge in [0.1, 0.15) is 0 Å². The molecule has 0 saturated heterocycles. The second-order valence-electron chi connectivity index (χ2n) is 1.60. The first-order valence-corrected chi connectivity index (χ1v) is 5.06. The van der Waals surface area contributed by atoms with Crippen LogP contribution >= 0.6 is 8.58 Å². The van der Waals surface area contributed by atoms with Crippen molar-refractivity contribution in [3.05, 3.63) is 0 Å². The molecular weight excluding hydrogens is 115 g/mol. The molecule has 0 spiro atoms. The minimum Gasteiger partial charge on any atom is -0.122 e. The fourth-order valence-corrected chi connectivity index (χ4v) is 0.612. The Labute approximate surface area is 55.8 Å². The van der Waals surface area contributed by atoms with Gasteiger partial charge in [-0.25, -0.2) is 0 Å². The minimum atomic E-state index is 0.963. The van der Waals surface area contributed by atoms with E-state index >= 15 is 0 Å². The topological polar surface area (TPSA) is 0 Å². The summed E-state index contributed by atoms with van der Waals surface area (Å²) in [5.41, 5.74) is 0.963. The molecule has 0 amide bonds. The summed E-state index contributed by atoms with van der Waals surface area (Å²) in [5.74, 6) is 0. The zero-order valence-corrected chi connectivity index (χ0v) is 7.78. The predicted molar refractivity (Wildman–Crippen MR) is 45.3 cm³/mol. The Bertz CT molecular complexity index is 23.6. The third kappa shape index (κ3) is 9.66. The highest BCUT2D eigenvalue weighted by atomic mass is 31.1. The molecule has 0 rings (SSSR count). The van der Waals surface area contributed by atoms with Gasteiger partial charge in [-0.3, -0.25) is 0 Å². The quantitative estimate of drug-likeness (QED) is 0.509. The van der Waals surface area contributed by atoms with E-state index in [0.717, 1.165) is 14.2 Å². The van der Waals surface area contributed by atoms with Gasteiger partial charge in [0.25, 0.3) is 0 Å². The molecule has 0 heterocycles. The fourth-order valence-electron chi connectivity index (χ4n) is 0.204. The summed E-state index contributed by atoms with van der Waals surface area (Å²) >= 11 is 0. The van der Waals surface area contributed by atoms with E-state index in [9.17, 15) is 0 Å². The molecule has 0 aromatic heterocycles. The number of hydrogen-bond donors (Lipinski definition) is 0. The standard InChI is InChI=1S/C5H13P.C2H6/c1-4-5(2)6-3;1-2/h5-6H,4H2,1-3H3;1-2H3. The highest BCUT2D eigenvalue weighted by Crippen LogP contribution is 2.14. The fraction of sp³-hybridized carbons (Fsp3) is 1.00. The summed E-state index contributed by atoms with van der Waals surface area (Å²) in [6, 6.07) is 0. The smallest absolute Gasteiger partial charge is 0.0270 e. The maximum atomic E-state index is 2.29. The molecule has 0 aromatic rings. The third-order valence-corrected chi connectivity index (χ3v) is 2.50. The van der Waals surface area contributed by atoms with Gasteiger partial charge in [0.15, 0.2) is 0 Å². The highest BCUT2D eigenvalue weighted by Gasteiger charge is 1.88. The van der Waals surface area contributed by atoms with Crippen LogP contribution in [0.1, 0.15) is 34.1 Å². The Kier molecular flexibility index (Phi) is 14.7. The molecule has 1 heteroatoms. The van der Waals surface area contributed by atoms with E-state index in [1.54, 1.807) is 0 Å². The molecule has 2 unspecified atom stereocenters. The van der Waals surface area contributed by atoms with Gasteiger partial charge < -0.3 is 0 Å². The van der Waals surface area contributed by atoms with Gasteiger partial charge in [-0.15, -0.1) is 8.58 Å². The number of rotatable bonds is 2. The Morgan fingerprint density at radius 1 is 1.38 bits per heavy atom. The Balaban J connectivity index is 0. The van der Waals surface area contributed by atoms with Crippen LogP contribution in [0.25, 0.3) is 0 Å². The van der Waals surface area contributed by atoms with Crippen molar-refractivity contribution in [1.82, 2.24) is 0 Å². The lowest BCUT2D eigenvalue weighted by atomic mass is 10.4. The van der Waals surface area contributed by atoms with E-state index < -0.39 is 0 Å². The molecular formula is C7H19P. The molecule has 0 aliphatic carbocycles. The molecule has 0 bridgehead atoms. The van der Waals surface area contributed by atoms with Gasteiger partial charge >= 0.3 is 0 Å². The summed E-state index contributed by atoms with van der Waals surface area (Å²) in [4.78, 5) is 0. The third-order valence-electron chi connectivity index (χ3n) is 1.11. The van der Waals surface area contributed by atoms with E-state index in [2.05, 4.69) is 20.5 Å². The van der Waals surface area contributed by atoms with Crippen LogP contribution in [0, 0.1) is 0 Å². The van der Waals surface area contributed by atoms with Gasteiger partial charge in [-0.2, -0.15) is 0 Å². The van der Waals surface area contributed by atoms with Gasteiger partial charge in [0.05, 0.1) is 0 Å². The average molecular weight is 134 g/mol. The van der Waals surface area contributed by atoms with E-state index in [0.29, 0.717) is 0 Å². The largest absolute Gasteiger partial charge is 0.122 e. The first-order valence-electron chi connectivity index (χ1n) is 3.48. The Morgan fingerprint density at radius 3 is 1.75 bits per heavy atom. The van der Waals surface area contributed by atoms with Crippen LogP contribution in [-0.4, -0.2) is 12.3 Å². The van der Waals surface area contributed by atoms with Crippen molar-refractivity contribution in [3.63, 3.8) is 0 Å². The van der Waals surface area contributed by atoms with Crippen molar-refractivity contribution in [3.8, 4) is 0 Å². The Morgan fingerprint density at radius 2 is 1.75 bits per heavy atom. The lowest BCUT2D eigenvalue weighted by Gasteiger charge is -1.99. The monoisotopic (exact) mass is 134 g/mol. The van der Waals surface area contributed by atoms with Crippen molar-refractivity contribution < 1.29 is 0 Å². The summed E-state index contributed by atoms with van der Waals surface area (Å²) in [6.45, 7) is 10.8. The predicted octanol–water partition coefficient (Wildman–Crippen LogP) is 3.12. The van der Waals surface area contributed by atoms with Crippen molar-refractivity contribution in [1.29, 1.82) is 0 Å². The summed E-state index contributed by atoms with van der Waals surface area (Å²) in [7, 11) is 1.13. The van der Waals surface area contributed by atoms with E-state index in [1.165, 1.54) is 6.42 Å². The molecule has 0 fully saturated rings. The molecule has 0 N–H and O–H groups in total.